The minimum atomic E-state index is -0.850. The number of carbonyl (C=O) groups excluding carboxylic acids is 3. The number of halogens is 2. The summed E-state index contributed by atoms with van der Waals surface area (Å²) < 4.78 is 11.1. The molecule has 156 valence electrons. The zero-order chi connectivity index (χ0) is 21.8. The third-order valence-corrected chi connectivity index (χ3v) is 4.73. The normalized spacial score (nSPS) is 15.4. The smallest absolute Gasteiger partial charge is 0.335 e. The first-order valence-corrected chi connectivity index (χ1v) is 9.87. The van der Waals surface area contributed by atoms with Crippen LogP contribution in [0.25, 0.3) is 6.08 Å². The first-order valence-electron chi connectivity index (χ1n) is 9.11. The van der Waals surface area contributed by atoms with Gasteiger partial charge in [-0.25, -0.2) is 9.69 Å². The zero-order valence-electron chi connectivity index (χ0n) is 16.2. The van der Waals surface area contributed by atoms with Crippen LogP contribution in [0.4, 0.5) is 10.5 Å². The van der Waals surface area contributed by atoms with E-state index in [9.17, 15) is 14.4 Å². The summed E-state index contributed by atoms with van der Waals surface area (Å²) in [4.78, 5) is 38.5. The summed E-state index contributed by atoms with van der Waals surface area (Å²) in [7, 11) is 0. The molecule has 2 aromatic carbocycles. The number of nitrogens with zero attached hydrogens (tertiary/aromatic N) is 1. The lowest BCUT2D eigenvalue weighted by atomic mass is 10.1. The summed E-state index contributed by atoms with van der Waals surface area (Å²) in [5, 5.41) is 2.86. The number of carbonyl (C=O) groups is 3. The standard InChI is InChI=1S/C21H18Cl2N2O5/c1-3-29-17-10-12(16(23)11-18(17)30-4-2)9-15-19(26)24-21(28)25(20(15)27)14-7-5-13(22)6-8-14/h5-11H,3-4H2,1-2H3,(H,24,26,28)/b15-9+. The Morgan fingerprint density at radius 1 is 0.967 bits per heavy atom. The van der Waals surface area contributed by atoms with Crippen molar-refractivity contribution in [3.63, 3.8) is 0 Å². The SMILES string of the molecule is CCOc1cc(Cl)c(/C=C2\C(=O)NC(=O)N(c3ccc(Cl)cc3)C2=O)cc1OCC. The second-order valence-electron chi connectivity index (χ2n) is 6.12. The Balaban J connectivity index is 2.03. The molecule has 1 heterocycles. The first kappa shape index (κ1) is 21.7. The predicted octanol–water partition coefficient (Wildman–Crippen LogP) is 4.46. The number of anilines is 1. The van der Waals surface area contributed by atoms with Gasteiger partial charge in [0.15, 0.2) is 11.5 Å². The molecule has 1 N–H and O–H groups in total. The molecule has 0 bridgehead atoms. The Morgan fingerprint density at radius 2 is 1.57 bits per heavy atom. The molecule has 2 aromatic rings. The van der Waals surface area contributed by atoms with Crippen LogP contribution in [-0.2, 0) is 9.59 Å². The lowest BCUT2D eigenvalue weighted by Gasteiger charge is -2.26. The second kappa shape index (κ2) is 9.19. The van der Waals surface area contributed by atoms with Crippen molar-refractivity contribution in [2.24, 2.45) is 0 Å². The average Bonchev–Trinajstić information content (AvgIpc) is 2.69. The number of benzene rings is 2. The molecule has 1 fully saturated rings. The third-order valence-electron chi connectivity index (χ3n) is 4.15. The Kier molecular flexibility index (Phi) is 6.64. The van der Waals surface area contributed by atoms with Gasteiger partial charge in [0.1, 0.15) is 5.57 Å². The van der Waals surface area contributed by atoms with Crippen LogP contribution in [0.15, 0.2) is 42.0 Å². The van der Waals surface area contributed by atoms with Crippen molar-refractivity contribution in [1.82, 2.24) is 5.32 Å². The number of amides is 4. The van der Waals surface area contributed by atoms with Crippen LogP contribution in [0, 0.1) is 0 Å². The van der Waals surface area contributed by atoms with Crippen LogP contribution in [0.1, 0.15) is 19.4 Å². The maximum Gasteiger partial charge on any atom is 0.335 e. The molecule has 1 aliphatic rings. The Morgan fingerprint density at radius 3 is 2.17 bits per heavy atom. The third kappa shape index (κ3) is 4.42. The van der Waals surface area contributed by atoms with Gasteiger partial charge >= 0.3 is 6.03 Å². The summed E-state index contributed by atoms with van der Waals surface area (Å²) in [5.74, 6) is -0.735. The van der Waals surface area contributed by atoms with Crippen LogP contribution in [0.5, 0.6) is 11.5 Å². The van der Waals surface area contributed by atoms with Gasteiger partial charge in [0.25, 0.3) is 11.8 Å². The number of imide groups is 2. The van der Waals surface area contributed by atoms with Crippen molar-refractivity contribution in [3.05, 3.63) is 57.6 Å². The minimum absolute atomic E-state index is 0.252. The Hall–Kier alpha value is -3.03. The molecule has 4 amide bonds. The Labute approximate surface area is 183 Å². The summed E-state index contributed by atoms with van der Waals surface area (Å²) in [6.07, 6.45) is 1.31. The van der Waals surface area contributed by atoms with E-state index in [-0.39, 0.29) is 16.3 Å². The number of urea groups is 1. The van der Waals surface area contributed by atoms with Gasteiger partial charge in [-0.1, -0.05) is 23.2 Å². The molecule has 0 radical (unpaired) electrons. The highest BCUT2D eigenvalue weighted by Crippen LogP contribution is 2.35. The number of ether oxygens (including phenoxy) is 2. The van der Waals surface area contributed by atoms with Crippen molar-refractivity contribution in [2.45, 2.75) is 13.8 Å². The number of hydrogen-bond acceptors (Lipinski definition) is 5. The van der Waals surface area contributed by atoms with Crippen molar-refractivity contribution in [1.29, 1.82) is 0 Å². The van der Waals surface area contributed by atoms with E-state index in [4.69, 9.17) is 32.7 Å². The number of hydrogen-bond donors (Lipinski definition) is 1. The fourth-order valence-corrected chi connectivity index (χ4v) is 3.17. The number of barbiturate groups is 1. The second-order valence-corrected chi connectivity index (χ2v) is 6.96. The maximum absolute atomic E-state index is 13.0. The lowest BCUT2D eigenvalue weighted by Crippen LogP contribution is -2.54. The topological polar surface area (TPSA) is 84.9 Å². The van der Waals surface area contributed by atoms with E-state index in [2.05, 4.69) is 5.32 Å². The van der Waals surface area contributed by atoms with Gasteiger partial charge in [-0.3, -0.25) is 14.9 Å². The van der Waals surface area contributed by atoms with E-state index in [1.807, 2.05) is 13.8 Å². The average molecular weight is 449 g/mol. The van der Waals surface area contributed by atoms with Crippen LogP contribution in [-0.4, -0.2) is 31.1 Å². The molecular weight excluding hydrogens is 431 g/mol. The van der Waals surface area contributed by atoms with E-state index in [1.165, 1.54) is 30.3 Å². The largest absolute Gasteiger partial charge is 0.490 e. The molecule has 30 heavy (non-hydrogen) atoms. The van der Waals surface area contributed by atoms with Gasteiger partial charge in [0, 0.05) is 11.1 Å². The van der Waals surface area contributed by atoms with E-state index in [0.717, 1.165) is 4.90 Å². The number of nitrogens with one attached hydrogen (secondary N) is 1. The van der Waals surface area contributed by atoms with Crippen LogP contribution >= 0.6 is 23.2 Å². The molecule has 0 aliphatic carbocycles. The molecule has 9 heteroatoms. The summed E-state index contributed by atoms with van der Waals surface area (Å²) in [5.41, 5.74) is 0.388. The quantitative estimate of drug-likeness (QED) is 0.520. The monoisotopic (exact) mass is 448 g/mol. The predicted molar refractivity (Wildman–Crippen MR) is 114 cm³/mol. The molecule has 1 saturated heterocycles. The molecule has 0 atom stereocenters. The van der Waals surface area contributed by atoms with Gasteiger partial charge in [-0.15, -0.1) is 0 Å². The summed E-state index contributed by atoms with van der Waals surface area (Å²) in [6, 6.07) is 8.36. The van der Waals surface area contributed by atoms with E-state index < -0.39 is 17.8 Å². The Bertz CT molecular complexity index is 1030. The van der Waals surface area contributed by atoms with Crippen LogP contribution < -0.4 is 19.7 Å². The zero-order valence-corrected chi connectivity index (χ0v) is 17.7. The van der Waals surface area contributed by atoms with Gasteiger partial charge in [0.05, 0.1) is 23.9 Å². The van der Waals surface area contributed by atoms with Crippen molar-refractivity contribution in [3.8, 4) is 11.5 Å². The molecular formula is C21H18Cl2N2O5. The lowest BCUT2D eigenvalue weighted by molar-refractivity contribution is -0.122. The van der Waals surface area contributed by atoms with Crippen molar-refractivity contribution in [2.75, 3.05) is 18.1 Å². The summed E-state index contributed by atoms with van der Waals surface area (Å²) >= 11 is 12.2. The van der Waals surface area contributed by atoms with Gasteiger partial charge in [0.2, 0.25) is 0 Å². The van der Waals surface area contributed by atoms with Crippen LogP contribution in [0.2, 0.25) is 10.0 Å². The highest BCUT2D eigenvalue weighted by molar-refractivity contribution is 6.40. The minimum Gasteiger partial charge on any atom is -0.490 e. The van der Waals surface area contributed by atoms with Crippen molar-refractivity contribution >= 4 is 52.8 Å². The fraction of sp³-hybridized carbons (Fsp3) is 0.190. The van der Waals surface area contributed by atoms with Crippen molar-refractivity contribution < 1.29 is 23.9 Å². The van der Waals surface area contributed by atoms with Gasteiger partial charge in [-0.05, 0) is 55.8 Å². The van der Waals surface area contributed by atoms with Crippen LogP contribution in [0.3, 0.4) is 0 Å². The maximum atomic E-state index is 13.0. The van der Waals surface area contributed by atoms with E-state index in [0.29, 0.717) is 35.3 Å². The molecule has 0 aromatic heterocycles. The van der Waals surface area contributed by atoms with E-state index >= 15 is 0 Å². The highest BCUT2D eigenvalue weighted by atomic mass is 35.5. The molecule has 0 saturated carbocycles. The molecule has 7 nitrogen and oxygen atoms in total. The molecule has 0 unspecified atom stereocenters. The highest BCUT2D eigenvalue weighted by Gasteiger charge is 2.37. The van der Waals surface area contributed by atoms with E-state index in [1.54, 1.807) is 12.1 Å². The summed E-state index contributed by atoms with van der Waals surface area (Å²) in [6.45, 7) is 4.44. The van der Waals surface area contributed by atoms with Gasteiger partial charge < -0.3 is 9.47 Å². The molecule has 0 spiro atoms. The fourth-order valence-electron chi connectivity index (χ4n) is 2.84. The molecule has 3 rings (SSSR count). The number of rotatable bonds is 6. The molecule has 1 aliphatic heterocycles. The first-order chi connectivity index (χ1) is 14.3. The van der Waals surface area contributed by atoms with Gasteiger partial charge in [-0.2, -0.15) is 0 Å².